The van der Waals surface area contributed by atoms with E-state index in [1.807, 2.05) is 25.1 Å². The molecule has 2 aliphatic rings. The molecule has 0 saturated carbocycles. The van der Waals surface area contributed by atoms with Crippen molar-refractivity contribution in [2.24, 2.45) is 0 Å². The van der Waals surface area contributed by atoms with Crippen LogP contribution in [0.15, 0.2) is 18.2 Å². The molecule has 1 saturated heterocycles. The molecule has 6 heteroatoms. The van der Waals surface area contributed by atoms with Crippen molar-refractivity contribution in [3.63, 3.8) is 0 Å². The lowest BCUT2D eigenvalue weighted by molar-refractivity contribution is -0.128. The van der Waals surface area contributed by atoms with Crippen LogP contribution in [-0.4, -0.2) is 51.0 Å². The van der Waals surface area contributed by atoms with Crippen LogP contribution in [-0.2, 0) is 16.0 Å². The van der Waals surface area contributed by atoms with Crippen molar-refractivity contribution in [1.29, 1.82) is 0 Å². The molecule has 0 aliphatic carbocycles. The molecule has 6 nitrogen and oxygen atoms in total. The summed E-state index contributed by atoms with van der Waals surface area (Å²) in [5.41, 5.74) is 1.12. The second kappa shape index (κ2) is 6.98. The van der Waals surface area contributed by atoms with E-state index in [-0.39, 0.29) is 18.1 Å². The highest BCUT2D eigenvalue weighted by molar-refractivity contribution is 5.82. The van der Waals surface area contributed by atoms with E-state index in [1.54, 1.807) is 0 Å². The van der Waals surface area contributed by atoms with Crippen molar-refractivity contribution < 1.29 is 19.0 Å². The molecule has 0 unspecified atom stereocenters. The number of hydrogen-bond acceptors (Lipinski definition) is 5. The average molecular weight is 306 g/mol. The van der Waals surface area contributed by atoms with Crippen LogP contribution in [0.5, 0.6) is 11.5 Å². The molecule has 2 heterocycles. The van der Waals surface area contributed by atoms with E-state index in [9.17, 15) is 4.79 Å². The molecular weight excluding hydrogens is 284 g/mol. The van der Waals surface area contributed by atoms with E-state index in [0.717, 1.165) is 23.5 Å². The van der Waals surface area contributed by atoms with E-state index in [2.05, 4.69) is 10.6 Å². The number of morpholine rings is 1. The van der Waals surface area contributed by atoms with Gasteiger partial charge in [-0.1, -0.05) is 6.07 Å². The number of rotatable bonds is 4. The van der Waals surface area contributed by atoms with Gasteiger partial charge in [-0.15, -0.1) is 0 Å². The third-order valence-corrected chi connectivity index (χ3v) is 3.92. The number of amides is 1. The van der Waals surface area contributed by atoms with Crippen molar-refractivity contribution in [2.75, 3.05) is 32.9 Å². The first-order valence-corrected chi connectivity index (χ1v) is 7.75. The number of benzene rings is 1. The van der Waals surface area contributed by atoms with Gasteiger partial charge in [-0.05, 0) is 31.0 Å². The van der Waals surface area contributed by atoms with Gasteiger partial charge >= 0.3 is 0 Å². The van der Waals surface area contributed by atoms with Gasteiger partial charge in [0, 0.05) is 13.1 Å². The zero-order valence-corrected chi connectivity index (χ0v) is 12.8. The van der Waals surface area contributed by atoms with Crippen LogP contribution in [0, 0.1) is 0 Å². The average Bonchev–Trinajstić information content (AvgIpc) is 2.55. The fraction of sp³-hybridized carbons (Fsp3) is 0.562. The third kappa shape index (κ3) is 3.51. The zero-order valence-electron chi connectivity index (χ0n) is 12.8. The SMILES string of the molecule is C[C@H]1OCCN[C@@H]1C(=O)NCCc1ccc2c(c1)OCCO2. The number of fused-ring (bicyclic) bond motifs is 1. The van der Waals surface area contributed by atoms with Crippen molar-refractivity contribution in [2.45, 2.75) is 25.5 Å². The monoisotopic (exact) mass is 306 g/mol. The summed E-state index contributed by atoms with van der Waals surface area (Å²) >= 11 is 0. The molecule has 2 atom stereocenters. The normalized spacial score (nSPS) is 23.9. The molecule has 1 aromatic rings. The van der Waals surface area contributed by atoms with Gasteiger partial charge in [0.1, 0.15) is 19.3 Å². The zero-order chi connectivity index (χ0) is 15.4. The molecule has 1 amide bonds. The second-order valence-electron chi connectivity index (χ2n) is 5.53. The molecule has 2 N–H and O–H groups in total. The summed E-state index contributed by atoms with van der Waals surface area (Å²) in [5.74, 6) is 1.56. The Kier molecular flexibility index (Phi) is 4.80. The van der Waals surface area contributed by atoms with Gasteiger partial charge in [-0.2, -0.15) is 0 Å². The van der Waals surface area contributed by atoms with Gasteiger partial charge in [0.25, 0.3) is 0 Å². The molecular formula is C16H22N2O4. The van der Waals surface area contributed by atoms with Crippen LogP contribution in [0.3, 0.4) is 0 Å². The highest BCUT2D eigenvalue weighted by Gasteiger charge is 2.27. The summed E-state index contributed by atoms with van der Waals surface area (Å²) < 4.78 is 16.5. The Morgan fingerprint density at radius 3 is 2.91 bits per heavy atom. The molecule has 1 fully saturated rings. The van der Waals surface area contributed by atoms with Crippen LogP contribution < -0.4 is 20.1 Å². The lowest BCUT2D eigenvalue weighted by Crippen LogP contribution is -2.55. The molecule has 22 heavy (non-hydrogen) atoms. The smallest absolute Gasteiger partial charge is 0.239 e. The minimum Gasteiger partial charge on any atom is -0.486 e. The van der Waals surface area contributed by atoms with E-state index in [0.29, 0.717) is 32.9 Å². The molecule has 0 aromatic heterocycles. The van der Waals surface area contributed by atoms with Crippen molar-refractivity contribution in [3.05, 3.63) is 23.8 Å². The minimum atomic E-state index is -0.269. The maximum Gasteiger partial charge on any atom is 0.239 e. The van der Waals surface area contributed by atoms with E-state index < -0.39 is 0 Å². The molecule has 120 valence electrons. The third-order valence-electron chi connectivity index (χ3n) is 3.92. The Hall–Kier alpha value is -1.79. The quantitative estimate of drug-likeness (QED) is 0.847. The number of hydrogen-bond donors (Lipinski definition) is 2. The summed E-state index contributed by atoms with van der Waals surface area (Å²) in [6.07, 6.45) is 0.660. The first-order chi connectivity index (χ1) is 10.7. The van der Waals surface area contributed by atoms with Crippen molar-refractivity contribution >= 4 is 5.91 Å². The van der Waals surface area contributed by atoms with Gasteiger partial charge in [0.2, 0.25) is 5.91 Å². The summed E-state index contributed by atoms with van der Waals surface area (Å²) in [7, 11) is 0. The van der Waals surface area contributed by atoms with E-state index in [4.69, 9.17) is 14.2 Å². The van der Waals surface area contributed by atoms with Gasteiger partial charge < -0.3 is 24.8 Å². The molecule has 0 bridgehead atoms. The number of carbonyl (C=O) groups is 1. The molecule has 1 aromatic carbocycles. The first kappa shape index (κ1) is 15.1. The lowest BCUT2D eigenvalue weighted by atomic mass is 10.1. The predicted molar refractivity (Wildman–Crippen MR) is 81.4 cm³/mol. The fourth-order valence-corrected chi connectivity index (χ4v) is 2.71. The number of nitrogens with one attached hydrogen (secondary N) is 2. The summed E-state index contributed by atoms with van der Waals surface area (Å²) in [4.78, 5) is 12.1. The van der Waals surface area contributed by atoms with Crippen molar-refractivity contribution in [1.82, 2.24) is 10.6 Å². The topological polar surface area (TPSA) is 68.8 Å². The fourth-order valence-electron chi connectivity index (χ4n) is 2.71. The number of carbonyl (C=O) groups excluding carboxylic acids is 1. The van der Waals surface area contributed by atoms with E-state index >= 15 is 0 Å². The molecule has 2 aliphatic heterocycles. The Labute approximate surface area is 130 Å². The van der Waals surface area contributed by atoms with Gasteiger partial charge in [-0.3, -0.25) is 4.79 Å². The lowest BCUT2D eigenvalue weighted by Gasteiger charge is -2.29. The Morgan fingerprint density at radius 2 is 2.09 bits per heavy atom. The van der Waals surface area contributed by atoms with Crippen LogP contribution in [0.2, 0.25) is 0 Å². The highest BCUT2D eigenvalue weighted by Crippen LogP contribution is 2.30. The van der Waals surface area contributed by atoms with Crippen LogP contribution in [0.4, 0.5) is 0 Å². The van der Waals surface area contributed by atoms with Gasteiger partial charge in [-0.25, -0.2) is 0 Å². The summed E-state index contributed by atoms with van der Waals surface area (Å²) in [5, 5.41) is 6.14. The summed E-state index contributed by atoms with van der Waals surface area (Å²) in [6, 6.07) is 5.63. The first-order valence-electron chi connectivity index (χ1n) is 7.75. The standard InChI is InChI=1S/C16H22N2O4/c1-11-15(17-6-7-20-11)16(19)18-5-4-12-2-3-13-14(10-12)22-9-8-21-13/h2-3,10-11,15,17H,4-9H2,1H3,(H,18,19)/t11-,15+/m1/s1. The second-order valence-corrected chi connectivity index (χ2v) is 5.53. The van der Waals surface area contributed by atoms with Crippen LogP contribution >= 0.6 is 0 Å². The Morgan fingerprint density at radius 1 is 1.27 bits per heavy atom. The van der Waals surface area contributed by atoms with Crippen LogP contribution in [0.25, 0.3) is 0 Å². The maximum atomic E-state index is 12.1. The molecule has 0 radical (unpaired) electrons. The maximum absolute atomic E-state index is 12.1. The van der Waals surface area contributed by atoms with Gasteiger partial charge in [0.15, 0.2) is 11.5 Å². The van der Waals surface area contributed by atoms with Crippen LogP contribution in [0.1, 0.15) is 12.5 Å². The minimum absolute atomic E-state index is 0.00950. The predicted octanol–water partition coefficient (Wildman–Crippen LogP) is 0.493. The van der Waals surface area contributed by atoms with Gasteiger partial charge in [0.05, 0.1) is 12.7 Å². The molecule has 0 spiro atoms. The summed E-state index contributed by atoms with van der Waals surface area (Å²) in [6.45, 7) is 5.04. The largest absolute Gasteiger partial charge is 0.486 e. The van der Waals surface area contributed by atoms with E-state index in [1.165, 1.54) is 0 Å². The van der Waals surface area contributed by atoms with Crippen molar-refractivity contribution in [3.8, 4) is 11.5 Å². The Bertz CT molecular complexity index is 535. The molecule has 3 rings (SSSR count). The highest BCUT2D eigenvalue weighted by atomic mass is 16.6. The number of ether oxygens (including phenoxy) is 3. The Balaban J connectivity index is 1.49.